The van der Waals surface area contributed by atoms with Crippen molar-refractivity contribution >= 4 is 21.6 Å². The van der Waals surface area contributed by atoms with Crippen molar-refractivity contribution in [3.05, 3.63) is 23.8 Å². The highest BCUT2D eigenvalue weighted by atomic mass is 32.2. The zero-order chi connectivity index (χ0) is 18.3. The number of carbonyl (C=O) groups is 1. The summed E-state index contributed by atoms with van der Waals surface area (Å²) in [5, 5.41) is 0. The number of likely N-dealkylation sites (tertiary alicyclic amines) is 1. The van der Waals surface area contributed by atoms with Crippen molar-refractivity contribution in [1.29, 1.82) is 0 Å². The van der Waals surface area contributed by atoms with E-state index in [0.29, 0.717) is 17.9 Å². The van der Waals surface area contributed by atoms with Crippen LogP contribution in [0.25, 0.3) is 0 Å². The molecule has 1 unspecified atom stereocenters. The maximum atomic E-state index is 12.6. The van der Waals surface area contributed by atoms with Gasteiger partial charge in [-0.3, -0.25) is 4.79 Å². The molecule has 0 bridgehead atoms. The van der Waals surface area contributed by atoms with Gasteiger partial charge in [0, 0.05) is 30.7 Å². The van der Waals surface area contributed by atoms with Crippen LogP contribution in [0.4, 0.5) is 5.69 Å². The fourth-order valence-electron chi connectivity index (χ4n) is 4.07. The van der Waals surface area contributed by atoms with Crippen LogP contribution in [0.15, 0.2) is 23.1 Å². The lowest BCUT2D eigenvalue weighted by Gasteiger charge is -2.22. The van der Waals surface area contributed by atoms with Gasteiger partial charge in [-0.25, -0.2) is 13.1 Å². The average molecular weight is 378 g/mol. The van der Waals surface area contributed by atoms with E-state index in [9.17, 15) is 13.2 Å². The zero-order valence-corrected chi connectivity index (χ0v) is 16.1. The largest absolute Gasteiger partial charge is 0.309 e. The Bertz CT molecular complexity index is 798. The number of hydrogen-bond acceptors (Lipinski definition) is 4. The Hall–Kier alpha value is -1.44. The molecule has 7 heteroatoms. The minimum atomic E-state index is -3.51. The van der Waals surface area contributed by atoms with Gasteiger partial charge in [0.15, 0.2) is 0 Å². The lowest BCUT2D eigenvalue weighted by atomic mass is 10.1. The summed E-state index contributed by atoms with van der Waals surface area (Å²) < 4.78 is 27.9. The van der Waals surface area contributed by atoms with Gasteiger partial charge in [-0.1, -0.05) is 0 Å². The second-order valence-electron chi connectivity index (χ2n) is 7.77. The van der Waals surface area contributed by atoms with Gasteiger partial charge in [-0.15, -0.1) is 0 Å². The third-order valence-electron chi connectivity index (χ3n) is 5.66. The lowest BCUT2D eigenvalue weighted by molar-refractivity contribution is -0.120. The molecule has 1 amide bonds. The number of fused-ring (bicyclic) bond motifs is 1. The van der Waals surface area contributed by atoms with E-state index in [2.05, 4.69) is 9.62 Å². The molecule has 0 radical (unpaired) electrons. The van der Waals surface area contributed by atoms with Gasteiger partial charge in [0.05, 0.1) is 4.90 Å². The molecule has 1 saturated carbocycles. The normalized spacial score (nSPS) is 23.4. The quantitative estimate of drug-likeness (QED) is 0.820. The molecule has 2 heterocycles. The van der Waals surface area contributed by atoms with Crippen molar-refractivity contribution < 1.29 is 13.2 Å². The van der Waals surface area contributed by atoms with Gasteiger partial charge >= 0.3 is 0 Å². The summed E-state index contributed by atoms with van der Waals surface area (Å²) in [5.74, 6) is 0.356. The Morgan fingerprint density at radius 1 is 1.23 bits per heavy atom. The molecule has 1 N–H and O–H groups in total. The minimum Gasteiger partial charge on any atom is -0.309 e. The Kier molecular flexibility index (Phi) is 4.79. The lowest BCUT2D eigenvalue weighted by Crippen LogP contribution is -2.36. The molecule has 4 rings (SSSR count). The first-order valence-electron chi connectivity index (χ1n) is 9.64. The maximum absolute atomic E-state index is 12.6. The van der Waals surface area contributed by atoms with Crippen molar-refractivity contribution in [2.75, 3.05) is 31.1 Å². The SMILES string of the molecule is CC1Cc2cc(S(=O)(=O)NCCN3CCCC3)ccc2N1C(=O)C1CC1. The Morgan fingerprint density at radius 2 is 1.96 bits per heavy atom. The maximum Gasteiger partial charge on any atom is 0.240 e. The average Bonchev–Trinajstić information content (AvgIpc) is 3.22. The molecule has 1 aliphatic carbocycles. The van der Waals surface area contributed by atoms with E-state index in [4.69, 9.17) is 0 Å². The first-order chi connectivity index (χ1) is 12.5. The summed E-state index contributed by atoms with van der Waals surface area (Å²) in [5.41, 5.74) is 1.83. The van der Waals surface area contributed by atoms with Crippen molar-refractivity contribution in [1.82, 2.24) is 9.62 Å². The van der Waals surface area contributed by atoms with Crippen LogP contribution in [0.2, 0.25) is 0 Å². The van der Waals surface area contributed by atoms with E-state index in [1.807, 2.05) is 11.8 Å². The summed E-state index contributed by atoms with van der Waals surface area (Å²) in [6, 6.07) is 5.26. The Labute approximate surface area is 155 Å². The molecule has 1 aromatic rings. The molecule has 2 aliphatic heterocycles. The topological polar surface area (TPSA) is 69.7 Å². The van der Waals surface area contributed by atoms with Crippen molar-refractivity contribution in [3.63, 3.8) is 0 Å². The molecule has 0 spiro atoms. The summed E-state index contributed by atoms with van der Waals surface area (Å²) in [6.07, 6.45) is 5.07. The van der Waals surface area contributed by atoms with Crippen LogP contribution in [0.3, 0.4) is 0 Å². The number of carbonyl (C=O) groups excluding carboxylic acids is 1. The van der Waals surface area contributed by atoms with E-state index in [0.717, 1.165) is 43.7 Å². The van der Waals surface area contributed by atoms with Crippen LogP contribution >= 0.6 is 0 Å². The number of sulfonamides is 1. The molecular formula is C19H27N3O3S. The molecule has 3 aliphatic rings. The van der Waals surface area contributed by atoms with E-state index < -0.39 is 10.0 Å². The molecule has 142 valence electrons. The molecular weight excluding hydrogens is 350 g/mol. The van der Waals surface area contributed by atoms with Crippen LogP contribution in [0, 0.1) is 5.92 Å². The molecule has 26 heavy (non-hydrogen) atoms. The van der Waals surface area contributed by atoms with Gasteiger partial charge in [0.2, 0.25) is 15.9 Å². The monoisotopic (exact) mass is 377 g/mol. The summed E-state index contributed by atoms with van der Waals surface area (Å²) in [6.45, 7) is 5.34. The van der Waals surface area contributed by atoms with E-state index in [-0.39, 0.29) is 17.9 Å². The zero-order valence-electron chi connectivity index (χ0n) is 15.3. The van der Waals surface area contributed by atoms with Crippen molar-refractivity contribution in [3.8, 4) is 0 Å². The standard InChI is InChI=1S/C19H27N3O3S/c1-14-12-16-13-17(6-7-18(16)22(14)19(23)15-4-5-15)26(24,25)20-8-11-21-9-2-3-10-21/h6-7,13-15,20H,2-5,8-12H2,1H3. The molecule has 0 aromatic heterocycles. The van der Waals surface area contributed by atoms with Crippen LogP contribution < -0.4 is 9.62 Å². The smallest absolute Gasteiger partial charge is 0.240 e. The van der Waals surface area contributed by atoms with Crippen LogP contribution in [-0.4, -0.2) is 51.4 Å². The van der Waals surface area contributed by atoms with Gasteiger partial charge in [0.1, 0.15) is 0 Å². The summed E-state index contributed by atoms with van der Waals surface area (Å²) in [7, 11) is -3.51. The van der Waals surface area contributed by atoms with Crippen LogP contribution in [0.5, 0.6) is 0 Å². The molecule has 1 aromatic carbocycles. The first kappa shape index (κ1) is 17.9. The predicted molar refractivity (Wildman–Crippen MR) is 101 cm³/mol. The first-order valence-corrected chi connectivity index (χ1v) is 11.1. The van der Waals surface area contributed by atoms with Crippen molar-refractivity contribution in [2.24, 2.45) is 5.92 Å². The van der Waals surface area contributed by atoms with E-state index in [1.165, 1.54) is 12.8 Å². The number of nitrogens with zero attached hydrogens (tertiary/aromatic N) is 2. The molecule has 1 atom stereocenters. The second kappa shape index (κ2) is 6.94. The number of nitrogens with one attached hydrogen (secondary N) is 1. The van der Waals surface area contributed by atoms with Gasteiger partial charge in [0.25, 0.3) is 0 Å². The summed E-state index contributed by atoms with van der Waals surface area (Å²) in [4.78, 5) is 17.0. The van der Waals surface area contributed by atoms with Gasteiger partial charge in [-0.2, -0.15) is 0 Å². The highest BCUT2D eigenvalue weighted by Crippen LogP contribution is 2.39. The van der Waals surface area contributed by atoms with Crippen LogP contribution in [0.1, 0.15) is 38.2 Å². The molecule has 6 nitrogen and oxygen atoms in total. The van der Waals surface area contributed by atoms with Crippen LogP contribution in [-0.2, 0) is 21.2 Å². The number of rotatable bonds is 6. The predicted octanol–water partition coefficient (Wildman–Crippen LogP) is 1.75. The third kappa shape index (κ3) is 3.52. The van der Waals surface area contributed by atoms with E-state index >= 15 is 0 Å². The highest BCUT2D eigenvalue weighted by molar-refractivity contribution is 7.89. The number of anilines is 1. The minimum absolute atomic E-state index is 0.0965. The number of benzene rings is 1. The molecule has 2 fully saturated rings. The summed E-state index contributed by atoms with van der Waals surface area (Å²) >= 11 is 0. The van der Waals surface area contributed by atoms with E-state index in [1.54, 1.807) is 18.2 Å². The number of amides is 1. The highest BCUT2D eigenvalue weighted by Gasteiger charge is 2.39. The Morgan fingerprint density at radius 3 is 2.65 bits per heavy atom. The van der Waals surface area contributed by atoms with Crippen molar-refractivity contribution in [2.45, 2.75) is 50.0 Å². The third-order valence-corrected chi connectivity index (χ3v) is 7.12. The fraction of sp³-hybridized carbons (Fsp3) is 0.632. The molecule has 1 saturated heterocycles. The second-order valence-corrected chi connectivity index (χ2v) is 9.54. The fourth-order valence-corrected chi connectivity index (χ4v) is 5.14. The Balaban J connectivity index is 1.46. The van der Waals surface area contributed by atoms with Gasteiger partial charge < -0.3 is 9.80 Å². The number of hydrogen-bond donors (Lipinski definition) is 1. The van der Waals surface area contributed by atoms with Gasteiger partial charge in [-0.05, 0) is 75.9 Å².